The summed E-state index contributed by atoms with van der Waals surface area (Å²) in [5.41, 5.74) is 0.658. The summed E-state index contributed by atoms with van der Waals surface area (Å²) >= 11 is 6.18. The van der Waals surface area contributed by atoms with Gasteiger partial charge in [0.1, 0.15) is 5.82 Å². The van der Waals surface area contributed by atoms with Crippen molar-refractivity contribution in [1.29, 1.82) is 0 Å². The Morgan fingerprint density at radius 3 is 2.96 bits per heavy atom. The molecule has 0 bridgehead atoms. The molecule has 2 aromatic heterocycles. The molecule has 0 spiro atoms. The van der Waals surface area contributed by atoms with Crippen LogP contribution in [-0.2, 0) is 14.3 Å². The van der Waals surface area contributed by atoms with E-state index in [4.69, 9.17) is 21.1 Å². The molecule has 0 radical (unpaired) electrons. The van der Waals surface area contributed by atoms with Crippen LogP contribution in [0.3, 0.4) is 0 Å². The van der Waals surface area contributed by atoms with Crippen LogP contribution in [0.15, 0.2) is 24.4 Å². The van der Waals surface area contributed by atoms with Gasteiger partial charge in [-0.05, 0) is 32.0 Å². The minimum Gasteiger partial charge on any atom is -0.371 e. The Kier molecular flexibility index (Phi) is 5.88. The topological polar surface area (TPSA) is 85.4 Å². The molecule has 1 fully saturated rings. The van der Waals surface area contributed by atoms with Gasteiger partial charge in [-0.25, -0.2) is 14.4 Å². The van der Waals surface area contributed by atoms with Gasteiger partial charge in [0, 0.05) is 18.3 Å². The standard InChI is InChI=1S/C18H20ClFN4O3/c1-18(2)9-26-11(8-27-18)6-22-17-14(20)3-4-15(24-17)12-5-16(23-10-25)21-7-13(12)19/h3-5,7,10-11H,6,8-9H2,1-2H3,(H,22,24)(H,21,23,25). The Balaban J connectivity index is 1.75. The number of halogens is 2. The lowest BCUT2D eigenvalue weighted by atomic mass is 10.1. The molecule has 1 atom stereocenters. The predicted molar refractivity (Wildman–Crippen MR) is 100 cm³/mol. The summed E-state index contributed by atoms with van der Waals surface area (Å²) in [6, 6.07) is 4.38. The van der Waals surface area contributed by atoms with Crippen molar-refractivity contribution >= 4 is 29.6 Å². The van der Waals surface area contributed by atoms with Gasteiger partial charge in [0.05, 0.1) is 35.6 Å². The fourth-order valence-corrected chi connectivity index (χ4v) is 2.75. The third-order valence-corrected chi connectivity index (χ3v) is 4.31. The first kappa shape index (κ1) is 19.5. The zero-order chi connectivity index (χ0) is 19.4. The average Bonchev–Trinajstić information content (AvgIpc) is 2.64. The molecule has 2 N–H and O–H groups in total. The first-order valence-electron chi connectivity index (χ1n) is 8.40. The van der Waals surface area contributed by atoms with E-state index < -0.39 is 5.82 Å². The minimum atomic E-state index is -0.493. The fraction of sp³-hybridized carbons (Fsp3) is 0.389. The van der Waals surface area contributed by atoms with Crippen molar-refractivity contribution in [3.63, 3.8) is 0 Å². The van der Waals surface area contributed by atoms with Gasteiger partial charge in [-0.2, -0.15) is 0 Å². The lowest BCUT2D eigenvalue weighted by Crippen LogP contribution is -2.44. The molecule has 0 aromatic carbocycles. The maximum absolute atomic E-state index is 14.2. The summed E-state index contributed by atoms with van der Waals surface area (Å²) in [5, 5.41) is 5.74. The fourth-order valence-electron chi connectivity index (χ4n) is 2.55. The van der Waals surface area contributed by atoms with Gasteiger partial charge in [0.2, 0.25) is 6.41 Å². The van der Waals surface area contributed by atoms with Crippen LogP contribution in [0, 0.1) is 5.82 Å². The highest BCUT2D eigenvalue weighted by Crippen LogP contribution is 2.29. The molecule has 9 heteroatoms. The first-order valence-corrected chi connectivity index (χ1v) is 8.78. The number of aromatic nitrogens is 2. The summed E-state index contributed by atoms with van der Waals surface area (Å²) in [7, 11) is 0. The number of ether oxygens (including phenoxy) is 2. The van der Waals surface area contributed by atoms with Gasteiger partial charge >= 0.3 is 0 Å². The maximum Gasteiger partial charge on any atom is 0.212 e. The minimum absolute atomic E-state index is 0.0821. The zero-order valence-corrected chi connectivity index (χ0v) is 15.7. The molecule has 27 heavy (non-hydrogen) atoms. The van der Waals surface area contributed by atoms with Gasteiger partial charge in [-0.3, -0.25) is 4.79 Å². The lowest BCUT2D eigenvalue weighted by Gasteiger charge is -2.35. The Labute approximate surface area is 161 Å². The van der Waals surface area contributed by atoms with Crippen LogP contribution >= 0.6 is 11.6 Å². The number of nitrogens with zero attached hydrogens (tertiary/aromatic N) is 2. The Morgan fingerprint density at radius 1 is 1.44 bits per heavy atom. The monoisotopic (exact) mass is 394 g/mol. The number of amides is 1. The highest BCUT2D eigenvalue weighted by molar-refractivity contribution is 6.33. The molecule has 0 aliphatic carbocycles. The normalized spacial score (nSPS) is 18.7. The number of rotatable bonds is 6. The number of nitrogens with one attached hydrogen (secondary N) is 2. The van der Waals surface area contributed by atoms with E-state index >= 15 is 0 Å². The van der Waals surface area contributed by atoms with E-state index in [9.17, 15) is 9.18 Å². The summed E-state index contributed by atoms with van der Waals surface area (Å²) in [5.74, 6) is -0.0914. The van der Waals surface area contributed by atoms with E-state index in [1.807, 2.05) is 13.8 Å². The molecule has 1 aliphatic heterocycles. The molecule has 1 amide bonds. The van der Waals surface area contributed by atoms with Crippen molar-refractivity contribution < 1.29 is 18.7 Å². The smallest absolute Gasteiger partial charge is 0.212 e. The van der Waals surface area contributed by atoms with E-state index in [-0.39, 0.29) is 17.5 Å². The summed E-state index contributed by atoms with van der Waals surface area (Å²) in [4.78, 5) is 18.9. The third kappa shape index (κ3) is 4.91. The summed E-state index contributed by atoms with van der Waals surface area (Å²) < 4.78 is 25.6. The largest absolute Gasteiger partial charge is 0.371 e. The van der Waals surface area contributed by atoms with Crippen LogP contribution in [0.1, 0.15) is 13.8 Å². The highest BCUT2D eigenvalue weighted by Gasteiger charge is 2.28. The number of pyridine rings is 2. The SMILES string of the molecule is CC1(C)COC(CNc2nc(-c3cc(NC=O)ncc3Cl)ccc2F)CO1. The quantitative estimate of drug-likeness (QED) is 0.732. The molecule has 1 unspecified atom stereocenters. The van der Waals surface area contributed by atoms with E-state index in [2.05, 4.69) is 20.6 Å². The van der Waals surface area contributed by atoms with Crippen molar-refractivity contribution in [1.82, 2.24) is 9.97 Å². The highest BCUT2D eigenvalue weighted by atomic mass is 35.5. The van der Waals surface area contributed by atoms with Crippen LogP contribution in [0.5, 0.6) is 0 Å². The number of hydrogen-bond acceptors (Lipinski definition) is 6. The Morgan fingerprint density at radius 2 is 2.26 bits per heavy atom. The van der Waals surface area contributed by atoms with Crippen LogP contribution in [0.2, 0.25) is 5.02 Å². The zero-order valence-electron chi connectivity index (χ0n) is 15.0. The molecule has 1 saturated heterocycles. The van der Waals surface area contributed by atoms with Crippen LogP contribution < -0.4 is 10.6 Å². The van der Waals surface area contributed by atoms with E-state index in [1.165, 1.54) is 18.3 Å². The van der Waals surface area contributed by atoms with E-state index in [0.717, 1.165) is 0 Å². The molecular formula is C18H20ClFN4O3. The Hall–Kier alpha value is -2.29. The number of carbonyl (C=O) groups is 1. The third-order valence-electron chi connectivity index (χ3n) is 4.01. The van der Waals surface area contributed by atoms with Gasteiger partial charge < -0.3 is 20.1 Å². The molecule has 2 aromatic rings. The van der Waals surface area contributed by atoms with Crippen LogP contribution in [0.25, 0.3) is 11.3 Å². The summed E-state index contributed by atoms with van der Waals surface area (Å²) in [6.45, 7) is 5.14. The number of hydrogen-bond donors (Lipinski definition) is 2. The van der Waals surface area contributed by atoms with Gasteiger partial charge in [0.15, 0.2) is 11.6 Å². The van der Waals surface area contributed by atoms with Crippen molar-refractivity contribution in [2.24, 2.45) is 0 Å². The number of carbonyl (C=O) groups excluding carboxylic acids is 1. The maximum atomic E-state index is 14.2. The predicted octanol–water partition coefficient (Wildman–Crippen LogP) is 3.11. The van der Waals surface area contributed by atoms with Crippen molar-refractivity contribution in [3.05, 3.63) is 35.2 Å². The first-order chi connectivity index (χ1) is 12.9. The molecule has 1 aliphatic rings. The van der Waals surface area contributed by atoms with E-state index in [1.54, 1.807) is 6.07 Å². The molecule has 7 nitrogen and oxygen atoms in total. The number of anilines is 2. The van der Waals surface area contributed by atoms with Crippen LogP contribution in [0.4, 0.5) is 16.0 Å². The molecule has 144 valence electrons. The van der Waals surface area contributed by atoms with Crippen molar-refractivity contribution in [3.8, 4) is 11.3 Å². The van der Waals surface area contributed by atoms with Gasteiger partial charge in [-0.1, -0.05) is 11.6 Å². The van der Waals surface area contributed by atoms with Gasteiger partial charge in [0.25, 0.3) is 0 Å². The van der Waals surface area contributed by atoms with E-state index in [0.29, 0.717) is 48.3 Å². The average molecular weight is 395 g/mol. The molecular weight excluding hydrogens is 375 g/mol. The lowest BCUT2D eigenvalue weighted by molar-refractivity contribution is -0.170. The summed E-state index contributed by atoms with van der Waals surface area (Å²) in [6.07, 6.45) is 1.71. The van der Waals surface area contributed by atoms with Crippen LogP contribution in [-0.4, -0.2) is 47.8 Å². The second-order valence-electron chi connectivity index (χ2n) is 6.72. The second kappa shape index (κ2) is 8.16. The molecule has 3 rings (SSSR count). The second-order valence-corrected chi connectivity index (χ2v) is 7.13. The van der Waals surface area contributed by atoms with Crippen molar-refractivity contribution in [2.75, 3.05) is 30.4 Å². The van der Waals surface area contributed by atoms with Gasteiger partial charge in [-0.15, -0.1) is 0 Å². The van der Waals surface area contributed by atoms with Crippen molar-refractivity contribution in [2.45, 2.75) is 25.6 Å². The molecule has 0 saturated carbocycles. The Bertz CT molecular complexity index is 824. The molecule has 3 heterocycles.